The van der Waals surface area contributed by atoms with E-state index in [0.717, 1.165) is 40.8 Å². The maximum atomic E-state index is 12.1. The van der Waals surface area contributed by atoms with Gasteiger partial charge < -0.3 is 14.6 Å². The number of rotatable bonds is 1. The highest BCUT2D eigenvalue weighted by Crippen LogP contribution is 2.35. The number of aliphatic hydroxyl groups excluding tert-OH is 1. The van der Waals surface area contributed by atoms with E-state index in [1.807, 2.05) is 11.8 Å². The van der Waals surface area contributed by atoms with E-state index in [2.05, 4.69) is 16.5 Å². The molecule has 2 atom stereocenters. The molecule has 2 aliphatic heterocycles. The van der Waals surface area contributed by atoms with Crippen LogP contribution in [0.1, 0.15) is 29.7 Å². The van der Waals surface area contributed by atoms with Gasteiger partial charge in [0.25, 0.3) is 0 Å². The Kier molecular flexibility index (Phi) is 3.39. The minimum absolute atomic E-state index is 0.128. The lowest BCUT2D eigenvalue weighted by molar-refractivity contribution is -0.132. The molecule has 4 rings (SSSR count). The van der Waals surface area contributed by atoms with E-state index < -0.39 is 6.10 Å². The lowest BCUT2D eigenvalue weighted by Gasteiger charge is -2.36. The van der Waals surface area contributed by atoms with Crippen LogP contribution >= 0.6 is 11.6 Å². The molecule has 0 saturated carbocycles. The van der Waals surface area contributed by atoms with E-state index in [1.165, 1.54) is 0 Å². The third kappa shape index (κ3) is 2.10. The van der Waals surface area contributed by atoms with Crippen molar-refractivity contribution >= 4 is 28.5 Å². The summed E-state index contributed by atoms with van der Waals surface area (Å²) in [6.07, 6.45) is 3.28. The molecule has 1 fully saturated rings. The second-order valence-electron chi connectivity index (χ2n) is 6.64. The number of fused-ring (bicyclic) bond motifs is 3. The van der Waals surface area contributed by atoms with Crippen molar-refractivity contribution in [2.45, 2.75) is 51.8 Å². The number of halogens is 1. The molecule has 0 aromatic carbocycles. The molecule has 6 heteroatoms. The Hall–Kier alpha value is -1.59. The fourth-order valence-electron chi connectivity index (χ4n) is 4.13. The van der Waals surface area contributed by atoms with Crippen LogP contribution in [-0.2, 0) is 17.8 Å². The molecule has 23 heavy (non-hydrogen) atoms. The molecule has 5 nitrogen and oxygen atoms in total. The van der Waals surface area contributed by atoms with Crippen LogP contribution in [0.5, 0.6) is 0 Å². The lowest BCUT2D eigenvalue weighted by atomic mass is 9.97. The summed E-state index contributed by atoms with van der Waals surface area (Å²) in [4.78, 5) is 18.4. The molecule has 0 radical (unpaired) electrons. The highest BCUT2D eigenvalue weighted by Gasteiger charge is 2.38. The van der Waals surface area contributed by atoms with E-state index in [4.69, 9.17) is 11.6 Å². The maximum Gasteiger partial charge on any atom is 0.222 e. The average molecular weight is 334 g/mol. The molecule has 0 aliphatic carbocycles. The van der Waals surface area contributed by atoms with Crippen LogP contribution in [0.25, 0.3) is 11.0 Å². The van der Waals surface area contributed by atoms with Crippen molar-refractivity contribution in [1.82, 2.24) is 14.5 Å². The third-order valence-corrected chi connectivity index (χ3v) is 5.75. The molecule has 2 aromatic heterocycles. The van der Waals surface area contributed by atoms with Crippen LogP contribution in [0.2, 0.25) is 5.02 Å². The van der Waals surface area contributed by atoms with Gasteiger partial charge in [-0.3, -0.25) is 4.79 Å². The SMILES string of the molecule is Cc1c(Cl)cnc2c1c(C)c1n2CC(O)C(N2CCCC2=O)C1. The molecule has 2 aromatic rings. The Balaban J connectivity index is 1.83. The number of carbonyl (C=O) groups excluding carboxylic acids is 1. The lowest BCUT2D eigenvalue weighted by Crippen LogP contribution is -2.50. The Morgan fingerprint density at radius 1 is 1.35 bits per heavy atom. The number of hydrogen-bond donors (Lipinski definition) is 1. The van der Waals surface area contributed by atoms with Gasteiger partial charge in [0.15, 0.2) is 0 Å². The molecule has 0 spiro atoms. The van der Waals surface area contributed by atoms with Gasteiger partial charge in [0, 0.05) is 36.7 Å². The van der Waals surface area contributed by atoms with Crippen molar-refractivity contribution in [3.63, 3.8) is 0 Å². The van der Waals surface area contributed by atoms with E-state index in [-0.39, 0.29) is 11.9 Å². The van der Waals surface area contributed by atoms with Gasteiger partial charge in [0.2, 0.25) is 5.91 Å². The Morgan fingerprint density at radius 3 is 2.83 bits per heavy atom. The quantitative estimate of drug-likeness (QED) is 0.870. The van der Waals surface area contributed by atoms with Crippen LogP contribution in [0, 0.1) is 13.8 Å². The molecular formula is C17H20ClN3O2. The van der Waals surface area contributed by atoms with Gasteiger partial charge in [0.1, 0.15) is 5.65 Å². The van der Waals surface area contributed by atoms with Crippen molar-refractivity contribution in [3.8, 4) is 0 Å². The zero-order valence-electron chi connectivity index (χ0n) is 13.3. The topological polar surface area (TPSA) is 58.4 Å². The van der Waals surface area contributed by atoms with Crippen LogP contribution in [0.15, 0.2) is 6.20 Å². The molecule has 0 bridgehead atoms. The van der Waals surface area contributed by atoms with E-state index >= 15 is 0 Å². The van der Waals surface area contributed by atoms with Crippen LogP contribution < -0.4 is 0 Å². The van der Waals surface area contributed by atoms with Gasteiger partial charge >= 0.3 is 0 Å². The number of carbonyl (C=O) groups is 1. The molecule has 1 saturated heterocycles. The standard InChI is InChI=1S/C17H20ClN3O2/c1-9-11(18)7-19-17-16(9)10(2)12-6-13(14(22)8-21(12)17)20-5-3-4-15(20)23/h7,13-14,22H,3-6,8H2,1-2H3. The van der Waals surface area contributed by atoms with Gasteiger partial charge in [-0.05, 0) is 31.4 Å². The summed E-state index contributed by atoms with van der Waals surface area (Å²) in [5.74, 6) is 0.161. The number of hydrogen-bond acceptors (Lipinski definition) is 3. The first kappa shape index (κ1) is 15.0. The molecule has 4 heterocycles. The highest BCUT2D eigenvalue weighted by molar-refractivity contribution is 6.32. The van der Waals surface area contributed by atoms with E-state index in [0.29, 0.717) is 24.4 Å². The highest BCUT2D eigenvalue weighted by atomic mass is 35.5. The van der Waals surface area contributed by atoms with Gasteiger partial charge in [0.05, 0.1) is 23.7 Å². The van der Waals surface area contributed by atoms with E-state index in [9.17, 15) is 9.90 Å². The third-order valence-electron chi connectivity index (χ3n) is 5.37. The summed E-state index contributed by atoms with van der Waals surface area (Å²) in [6, 6.07) is -0.128. The number of likely N-dealkylation sites (tertiary alicyclic amines) is 1. The van der Waals surface area contributed by atoms with Crippen molar-refractivity contribution in [2.75, 3.05) is 6.54 Å². The van der Waals surface area contributed by atoms with Crippen molar-refractivity contribution < 1.29 is 9.90 Å². The predicted molar refractivity (Wildman–Crippen MR) is 88.7 cm³/mol. The van der Waals surface area contributed by atoms with Gasteiger partial charge in [-0.2, -0.15) is 0 Å². The van der Waals surface area contributed by atoms with Crippen LogP contribution in [0.3, 0.4) is 0 Å². The first-order chi connectivity index (χ1) is 11.0. The molecular weight excluding hydrogens is 314 g/mol. The number of aliphatic hydroxyl groups is 1. The minimum atomic E-state index is -0.558. The number of aromatic nitrogens is 2. The summed E-state index contributed by atoms with van der Waals surface area (Å²) in [5, 5.41) is 12.4. The minimum Gasteiger partial charge on any atom is -0.389 e. The Morgan fingerprint density at radius 2 is 2.13 bits per heavy atom. The smallest absolute Gasteiger partial charge is 0.222 e. The molecule has 1 N–H and O–H groups in total. The summed E-state index contributed by atoms with van der Waals surface area (Å²) >= 11 is 6.23. The fourth-order valence-corrected chi connectivity index (χ4v) is 4.28. The van der Waals surface area contributed by atoms with Gasteiger partial charge in [-0.1, -0.05) is 11.6 Å². The maximum absolute atomic E-state index is 12.1. The Labute approximate surface area is 139 Å². The summed E-state index contributed by atoms with van der Waals surface area (Å²) in [7, 11) is 0. The number of amides is 1. The van der Waals surface area contributed by atoms with Crippen molar-refractivity contribution in [2.24, 2.45) is 0 Å². The summed E-state index contributed by atoms with van der Waals surface area (Å²) in [6.45, 7) is 5.31. The van der Waals surface area contributed by atoms with Crippen LogP contribution in [0.4, 0.5) is 0 Å². The number of aryl methyl sites for hydroxylation is 2. The summed E-state index contributed by atoms with van der Waals surface area (Å²) in [5.41, 5.74) is 4.23. The zero-order chi connectivity index (χ0) is 16.3. The first-order valence-corrected chi connectivity index (χ1v) is 8.47. The largest absolute Gasteiger partial charge is 0.389 e. The van der Waals surface area contributed by atoms with Crippen molar-refractivity contribution in [1.29, 1.82) is 0 Å². The van der Waals surface area contributed by atoms with Crippen molar-refractivity contribution in [3.05, 3.63) is 28.0 Å². The van der Waals surface area contributed by atoms with Gasteiger partial charge in [-0.15, -0.1) is 0 Å². The molecule has 122 valence electrons. The second kappa shape index (κ2) is 5.21. The van der Waals surface area contributed by atoms with E-state index in [1.54, 1.807) is 6.20 Å². The summed E-state index contributed by atoms with van der Waals surface area (Å²) < 4.78 is 2.09. The first-order valence-electron chi connectivity index (χ1n) is 8.09. The average Bonchev–Trinajstić information content (AvgIpc) is 3.05. The normalized spacial score (nSPS) is 24.5. The Bertz CT molecular complexity index is 814. The number of nitrogens with zero attached hydrogens (tertiary/aromatic N) is 3. The predicted octanol–water partition coefficient (Wildman–Crippen LogP) is 2.21. The molecule has 2 unspecified atom stereocenters. The van der Waals surface area contributed by atoms with Gasteiger partial charge in [-0.25, -0.2) is 4.98 Å². The zero-order valence-corrected chi connectivity index (χ0v) is 14.1. The second-order valence-corrected chi connectivity index (χ2v) is 7.05. The monoisotopic (exact) mass is 333 g/mol. The molecule has 2 aliphatic rings. The van der Waals surface area contributed by atoms with Crippen LogP contribution in [-0.4, -0.2) is 44.2 Å². The molecule has 1 amide bonds. The fraction of sp³-hybridized carbons (Fsp3) is 0.529. The number of pyridine rings is 1.